The molecule has 1 rings (SSSR count). The first kappa shape index (κ1) is 19.2. The van der Waals surface area contributed by atoms with Gasteiger partial charge in [-0.1, -0.05) is 13.8 Å². The van der Waals surface area contributed by atoms with E-state index in [1.807, 2.05) is 13.0 Å². The van der Waals surface area contributed by atoms with Gasteiger partial charge in [0.15, 0.2) is 5.84 Å². The second-order valence-corrected chi connectivity index (χ2v) is 6.13. The van der Waals surface area contributed by atoms with Crippen LogP contribution in [0.3, 0.4) is 0 Å². The number of nitrogens with two attached hydrogens (primary N) is 2. The Morgan fingerprint density at radius 3 is 2.57 bits per heavy atom. The third kappa shape index (κ3) is 7.30. The van der Waals surface area contributed by atoms with Gasteiger partial charge in [-0.2, -0.15) is 0 Å². The fourth-order valence-electron chi connectivity index (χ4n) is 1.82. The molecule has 0 unspecified atom stereocenters. The molecule has 0 atom stereocenters. The predicted molar refractivity (Wildman–Crippen MR) is 91.9 cm³/mol. The van der Waals surface area contributed by atoms with Crippen molar-refractivity contribution in [2.75, 3.05) is 26.9 Å². The molecule has 1 aromatic heterocycles. The van der Waals surface area contributed by atoms with Gasteiger partial charge in [0.05, 0.1) is 13.2 Å². The van der Waals surface area contributed by atoms with E-state index in [0.717, 1.165) is 19.4 Å². The van der Waals surface area contributed by atoms with Gasteiger partial charge in [-0.25, -0.2) is 15.9 Å². The largest absolute Gasteiger partial charge is 0.478 e. The van der Waals surface area contributed by atoms with E-state index in [0.29, 0.717) is 30.4 Å². The summed E-state index contributed by atoms with van der Waals surface area (Å²) in [6.07, 6.45) is 3.56. The number of aromatic nitrogens is 1. The number of ether oxygens (including phenoxy) is 2. The number of hydrogen-bond donors (Lipinski definition) is 2. The van der Waals surface area contributed by atoms with E-state index >= 15 is 0 Å². The van der Waals surface area contributed by atoms with Gasteiger partial charge in [0, 0.05) is 31.5 Å². The lowest BCUT2D eigenvalue weighted by Gasteiger charge is -2.23. The van der Waals surface area contributed by atoms with E-state index in [9.17, 15) is 0 Å². The lowest BCUT2D eigenvalue weighted by atomic mass is 9.86. The van der Waals surface area contributed by atoms with Crippen LogP contribution < -0.4 is 16.3 Å². The first-order valence-electron chi connectivity index (χ1n) is 7.82. The van der Waals surface area contributed by atoms with Crippen molar-refractivity contribution < 1.29 is 9.47 Å². The fourth-order valence-corrected chi connectivity index (χ4v) is 1.82. The van der Waals surface area contributed by atoms with Crippen LogP contribution in [-0.4, -0.2) is 42.8 Å². The molecule has 7 heteroatoms. The van der Waals surface area contributed by atoms with Crippen LogP contribution in [-0.2, 0) is 4.74 Å². The summed E-state index contributed by atoms with van der Waals surface area (Å²) < 4.78 is 10.8. The molecule has 130 valence electrons. The Kier molecular flexibility index (Phi) is 7.77. The first-order valence-corrected chi connectivity index (χ1v) is 7.82. The summed E-state index contributed by atoms with van der Waals surface area (Å²) in [6, 6.07) is 3.60. The van der Waals surface area contributed by atoms with Gasteiger partial charge >= 0.3 is 0 Å². The highest BCUT2D eigenvalue weighted by Crippen LogP contribution is 2.25. The third-order valence-electron chi connectivity index (χ3n) is 3.60. The molecule has 0 aromatic carbocycles. The van der Waals surface area contributed by atoms with Crippen LogP contribution in [0, 0.1) is 5.41 Å². The van der Waals surface area contributed by atoms with E-state index < -0.39 is 0 Å². The topological polar surface area (TPSA) is 99.0 Å². The lowest BCUT2D eigenvalue weighted by molar-refractivity contribution is 0.134. The molecule has 0 amide bonds. The van der Waals surface area contributed by atoms with E-state index in [1.54, 1.807) is 19.4 Å². The third-order valence-corrected chi connectivity index (χ3v) is 3.60. The van der Waals surface area contributed by atoms with Crippen molar-refractivity contribution in [1.82, 2.24) is 10.1 Å². The highest BCUT2D eigenvalue weighted by molar-refractivity contribution is 5.96. The van der Waals surface area contributed by atoms with Crippen molar-refractivity contribution in [2.45, 2.75) is 33.6 Å². The molecule has 23 heavy (non-hydrogen) atoms. The molecule has 0 spiro atoms. The number of nitrogens with zero attached hydrogens (tertiary/aromatic N) is 3. The van der Waals surface area contributed by atoms with Gasteiger partial charge < -0.3 is 15.2 Å². The van der Waals surface area contributed by atoms with Crippen LogP contribution in [0.2, 0.25) is 0 Å². The van der Waals surface area contributed by atoms with E-state index in [4.69, 9.17) is 21.1 Å². The number of pyridine rings is 1. The van der Waals surface area contributed by atoms with Crippen molar-refractivity contribution >= 4 is 5.84 Å². The molecular formula is C16H29N5O2. The molecule has 1 aromatic rings. The molecule has 1 heterocycles. The maximum atomic E-state index is 5.86. The molecule has 0 bridgehead atoms. The second kappa shape index (κ2) is 9.32. The first-order chi connectivity index (χ1) is 10.9. The summed E-state index contributed by atoms with van der Waals surface area (Å²) in [5.41, 5.74) is 6.75. The van der Waals surface area contributed by atoms with Crippen molar-refractivity contribution in [3.63, 3.8) is 0 Å². The molecule has 0 saturated heterocycles. The Hall–Kier alpha value is -1.86. The summed E-state index contributed by atoms with van der Waals surface area (Å²) in [6.45, 7) is 8.24. The minimum absolute atomic E-state index is 0.178. The van der Waals surface area contributed by atoms with Gasteiger partial charge in [0.1, 0.15) is 0 Å². The van der Waals surface area contributed by atoms with Crippen molar-refractivity contribution in [1.29, 1.82) is 0 Å². The monoisotopic (exact) mass is 323 g/mol. The number of hydrazine groups is 1. The van der Waals surface area contributed by atoms with Gasteiger partial charge in [-0.3, -0.25) is 0 Å². The SMILES string of the molecule is CCN(N)/N=C(\N)c1ccc(OCCC(C)(C)CCOC)nc1. The molecule has 0 aliphatic rings. The Morgan fingerprint density at radius 2 is 2.00 bits per heavy atom. The maximum absolute atomic E-state index is 5.86. The standard InChI is InChI=1S/C16H29N5O2/c1-5-21(18)20-15(17)13-6-7-14(19-12-13)23-11-9-16(2,3)8-10-22-4/h6-7,12H,5,8-11,18H2,1-4H3,(H2,17,20). The maximum Gasteiger partial charge on any atom is 0.213 e. The molecule has 7 nitrogen and oxygen atoms in total. The lowest BCUT2D eigenvalue weighted by Crippen LogP contribution is -2.29. The van der Waals surface area contributed by atoms with E-state index in [1.165, 1.54) is 5.12 Å². The van der Waals surface area contributed by atoms with Crippen LogP contribution in [0.4, 0.5) is 0 Å². The number of hydrogen-bond acceptors (Lipinski definition) is 6. The van der Waals surface area contributed by atoms with Crippen molar-refractivity contribution in [2.24, 2.45) is 22.1 Å². The van der Waals surface area contributed by atoms with Crippen LogP contribution in [0.15, 0.2) is 23.4 Å². The fraction of sp³-hybridized carbons (Fsp3) is 0.625. The van der Waals surface area contributed by atoms with Gasteiger partial charge in [-0.15, -0.1) is 5.10 Å². The zero-order valence-electron chi connectivity index (χ0n) is 14.6. The normalized spacial score (nSPS) is 12.3. The van der Waals surface area contributed by atoms with Crippen LogP contribution in [0.25, 0.3) is 0 Å². The molecule has 0 radical (unpaired) electrons. The van der Waals surface area contributed by atoms with Gasteiger partial charge in [-0.05, 0) is 31.2 Å². The molecule has 0 aliphatic heterocycles. The number of methoxy groups -OCH3 is 1. The molecule has 0 fully saturated rings. The smallest absolute Gasteiger partial charge is 0.213 e. The predicted octanol–water partition coefficient (Wildman–Crippen LogP) is 1.73. The summed E-state index contributed by atoms with van der Waals surface area (Å²) in [4.78, 5) is 4.25. The zero-order valence-corrected chi connectivity index (χ0v) is 14.6. The summed E-state index contributed by atoms with van der Waals surface area (Å²) in [7, 11) is 1.72. The highest BCUT2D eigenvalue weighted by atomic mass is 16.5. The number of rotatable bonds is 10. The molecule has 4 N–H and O–H groups in total. The van der Waals surface area contributed by atoms with E-state index in [-0.39, 0.29) is 5.41 Å². The molecular weight excluding hydrogens is 294 g/mol. The van der Waals surface area contributed by atoms with Crippen molar-refractivity contribution in [3.05, 3.63) is 23.9 Å². The molecule has 0 aliphatic carbocycles. The quantitative estimate of drug-likeness (QED) is 0.294. The van der Waals surface area contributed by atoms with Crippen molar-refractivity contribution in [3.8, 4) is 5.88 Å². The average Bonchev–Trinajstić information content (AvgIpc) is 2.53. The van der Waals surface area contributed by atoms with E-state index in [2.05, 4.69) is 23.9 Å². The second-order valence-electron chi connectivity index (χ2n) is 6.13. The Labute approximate surface area is 138 Å². The Morgan fingerprint density at radius 1 is 1.30 bits per heavy atom. The number of hydrazone groups is 1. The van der Waals surface area contributed by atoms with Gasteiger partial charge in [0.25, 0.3) is 0 Å². The zero-order chi connectivity index (χ0) is 17.3. The van der Waals surface area contributed by atoms with Gasteiger partial charge in [0.2, 0.25) is 5.88 Å². The number of amidine groups is 1. The van der Waals surface area contributed by atoms with Crippen LogP contribution in [0.5, 0.6) is 5.88 Å². The minimum atomic E-state index is 0.178. The highest BCUT2D eigenvalue weighted by Gasteiger charge is 2.17. The Balaban J connectivity index is 2.50. The summed E-state index contributed by atoms with van der Waals surface area (Å²) >= 11 is 0. The minimum Gasteiger partial charge on any atom is -0.478 e. The Bertz CT molecular complexity index is 488. The summed E-state index contributed by atoms with van der Waals surface area (Å²) in [5.74, 6) is 6.50. The molecule has 0 saturated carbocycles. The average molecular weight is 323 g/mol. The van der Waals surface area contributed by atoms with Crippen LogP contribution in [0.1, 0.15) is 39.2 Å². The summed E-state index contributed by atoms with van der Waals surface area (Å²) in [5, 5.41) is 5.31. The van der Waals surface area contributed by atoms with Crippen LogP contribution >= 0.6 is 0 Å².